The van der Waals surface area contributed by atoms with E-state index < -0.39 is 0 Å². The van der Waals surface area contributed by atoms with E-state index in [1.54, 1.807) is 19.2 Å². The minimum Gasteiger partial charge on any atom is -0.399 e. The summed E-state index contributed by atoms with van der Waals surface area (Å²) >= 11 is 0. The zero-order chi connectivity index (χ0) is 13.4. The van der Waals surface area contributed by atoms with Crippen LogP contribution in [0.15, 0.2) is 24.3 Å². The molecule has 18 heavy (non-hydrogen) atoms. The van der Waals surface area contributed by atoms with Crippen LogP contribution in [0.25, 0.3) is 0 Å². The van der Waals surface area contributed by atoms with E-state index >= 15 is 0 Å². The van der Waals surface area contributed by atoms with Gasteiger partial charge in [-0.15, -0.1) is 0 Å². The van der Waals surface area contributed by atoms with Crippen LogP contribution in [-0.4, -0.2) is 25.4 Å². The van der Waals surface area contributed by atoms with Crippen LogP contribution in [0.1, 0.15) is 18.4 Å². The molecule has 0 atom stereocenters. The molecule has 5 nitrogen and oxygen atoms in total. The molecule has 98 valence electrons. The molecular weight excluding hydrogens is 230 g/mol. The van der Waals surface area contributed by atoms with Crippen LogP contribution in [0.5, 0.6) is 0 Å². The lowest BCUT2D eigenvalue weighted by molar-refractivity contribution is -0.122. The van der Waals surface area contributed by atoms with E-state index in [0.29, 0.717) is 31.5 Å². The van der Waals surface area contributed by atoms with Gasteiger partial charge in [-0.1, -0.05) is 12.1 Å². The van der Waals surface area contributed by atoms with Gasteiger partial charge in [0.15, 0.2) is 0 Å². The molecule has 5 heteroatoms. The van der Waals surface area contributed by atoms with Crippen molar-refractivity contribution in [2.45, 2.75) is 19.3 Å². The van der Waals surface area contributed by atoms with Crippen LogP contribution in [0.2, 0.25) is 0 Å². The topological polar surface area (TPSA) is 84.2 Å². The number of nitrogens with two attached hydrogens (primary N) is 1. The normalized spacial score (nSPS) is 9.83. The fourth-order valence-corrected chi connectivity index (χ4v) is 1.49. The summed E-state index contributed by atoms with van der Waals surface area (Å²) in [7, 11) is 1.60. The van der Waals surface area contributed by atoms with Gasteiger partial charge >= 0.3 is 0 Å². The molecule has 0 bridgehead atoms. The third-order valence-corrected chi connectivity index (χ3v) is 2.53. The number of hydrogen-bond acceptors (Lipinski definition) is 3. The van der Waals surface area contributed by atoms with Gasteiger partial charge in [0.1, 0.15) is 0 Å². The Kier molecular flexibility index (Phi) is 5.70. The monoisotopic (exact) mass is 249 g/mol. The second-order valence-electron chi connectivity index (χ2n) is 4.05. The van der Waals surface area contributed by atoms with E-state index in [4.69, 9.17) is 5.73 Å². The van der Waals surface area contributed by atoms with E-state index in [-0.39, 0.29) is 11.8 Å². The first-order chi connectivity index (χ1) is 8.61. The average Bonchev–Trinajstić information content (AvgIpc) is 2.37. The van der Waals surface area contributed by atoms with Crippen molar-refractivity contribution < 1.29 is 9.59 Å². The molecule has 0 unspecified atom stereocenters. The van der Waals surface area contributed by atoms with Crippen LogP contribution < -0.4 is 16.4 Å². The van der Waals surface area contributed by atoms with E-state index in [1.165, 1.54) is 0 Å². The summed E-state index contributed by atoms with van der Waals surface area (Å²) in [6.07, 6.45) is 1.41. The minimum atomic E-state index is -0.0447. The van der Waals surface area contributed by atoms with Crippen LogP contribution >= 0.6 is 0 Å². The Bertz CT molecular complexity index is 401. The van der Waals surface area contributed by atoms with Crippen molar-refractivity contribution in [2.24, 2.45) is 0 Å². The van der Waals surface area contributed by atoms with Crippen LogP contribution in [0.3, 0.4) is 0 Å². The lowest BCUT2D eigenvalue weighted by atomic mass is 10.1. The maximum absolute atomic E-state index is 11.6. The average molecular weight is 249 g/mol. The van der Waals surface area contributed by atoms with Crippen LogP contribution in [-0.2, 0) is 16.0 Å². The molecular formula is C13H19N3O2. The van der Waals surface area contributed by atoms with Crippen molar-refractivity contribution in [1.29, 1.82) is 0 Å². The number of carbonyl (C=O) groups excluding carboxylic acids is 2. The lowest BCUT2D eigenvalue weighted by Gasteiger charge is -2.05. The predicted molar refractivity (Wildman–Crippen MR) is 70.9 cm³/mol. The van der Waals surface area contributed by atoms with E-state index in [9.17, 15) is 9.59 Å². The van der Waals surface area contributed by atoms with Gasteiger partial charge in [-0.25, -0.2) is 0 Å². The number of benzene rings is 1. The van der Waals surface area contributed by atoms with Gasteiger partial charge < -0.3 is 16.4 Å². The van der Waals surface area contributed by atoms with Crippen molar-refractivity contribution in [3.63, 3.8) is 0 Å². The Balaban J connectivity index is 2.21. The standard InChI is InChI=1S/C13H19N3O2/c1-15-12(17)3-2-8-16-13(18)9-10-4-6-11(14)7-5-10/h4-7H,2-3,8-9,14H2,1H3,(H,15,17)(H,16,18). The molecule has 2 amide bonds. The summed E-state index contributed by atoms with van der Waals surface area (Å²) in [5.41, 5.74) is 7.17. The van der Waals surface area contributed by atoms with Crippen molar-refractivity contribution in [1.82, 2.24) is 10.6 Å². The Morgan fingerprint density at radius 3 is 2.44 bits per heavy atom. The lowest BCUT2D eigenvalue weighted by Crippen LogP contribution is -2.27. The van der Waals surface area contributed by atoms with Crippen molar-refractivity contribution in [2.75, 3.05) is 19.3 Å². The maximum Gasteiger partial charge on any atom is 0.224 e. The fraction of sp³-hybridized carbons (Fsp3) is 0.385. The number of anilines is 1. The molecule has 0 heterocycles. The summed E-state index contributed by atoms with van der Waals surface area (Å²) in [4.78, 5) is 22.5. The zero-order valence-corrected chi connectivity index (χ0v) is 10.5. The molecule has 1 rings (SSSR count). The predicted octanol–water partition coefficient (Wildman–Crippen LogP) is 0.454. The molecule has 0 saturated heterocycles. The van der Waals surface area contributed by atoms with Gasteiger partial charge in [0.25, 0.3) is 0 Å². The first-order valence-corrected chi connectivity index (χ1v) is 5.93. The first kappa shape index (κ1) is 14.0. The summed E-state index contributed by atoms with van der Waals surface area (Å²) in [5, 5.41) is 5.31. The molecule has 0 fully saturated rings. The Morgan fingerprint density at radius 1 is 1.17 bits per heavy atom. The summed E-state index contributed by atoms with van der Waals surface area (Å²) in [5.74, 6) is -0.0561. The molecule has 0 saturated carbocycles. The molecule has 1 aromatic carbocycles. The SMILES string of the molecule is CNC(=O)CCCNC(=O)Cc1ccc(N)cc1. The van der Waals surface area contributed by atoms with Gasteiger partial charge in [-0.05, 0) is 24.1 Å². The molecule has 1 aromatic rings. The van der Waals surface area contributed by atoms with E-state index in [1.807, 2.05) is 12.1 Å². The molecule has 0 aliphatic heterocycles. The third-order valence-electron chi connectivity index (χ3n) is 2.53. The van der Waals surface area contributed by atoms with E-state index in [2.05, 4.69) is 10.6 Å². The van der Waals surface area contributed by atoms with Gasteiger partial charge in [0.2, 0.25) is 11.8 Å². The highest BCUT2D eigenvalue weighted by Crippen LogP contribution is 2.05. The fourth-order valence-electron chi connectivity index (χ4n) is 1.49. The summed E-state index contributed by atoms with van der Waals surface area (Å²) in [6.45, 7) is 0.515. The summed E-state index contributed by atoms with van der Waals surface area (Å²) in [6, 6.07) is 7.21. The van der Waals surface area contributed by atoms with Crippen LogP contribution in [0, 0.1) is 0 Å². The van der Waals surface area contributed by atoms with Crippen molar-refractivity contribution in [3.05, 3.63) is 29.8 Å². The van der Waals surface area contributed by atoms with Gasteiger partial charge in [0.05, 0.1) is 6.42 Å². The number of hydrogen-bond donors (Lipinski definition) is 3. The number of nitrogens with one attached hydrogen (secondary N) is 2. The molecule has 4 N–H and O–H groups in total. The summed E-state index contributed by atoms with van der Waals surface area (Å²) < 4.78 is 0. The second kappa shape index (κ2) is 7.32. The highest BCUT2D eigenvalue weighted by molar-refractivity contribution is 5.79. The largest absolute Gasteiger partial charge is 0.399 e. The van der Waals surface area contributed by atoms with Gasteiger partial charge in [-0.3, -0.25) is 9.59 Å². The third kappa shape index (κ3) is 5.34. The van der Waals surface area contributed by atoms with Crippen LogP contribution in [0.4, 0.5) is 5.69 Å². The number of rotatable bonds is 6. The number of amides is 2. The van der Waals surface area contributed by atoms with Crippen molar-refractivity contribution in [3.8, 4) is 0 Å². The Labute approximate surface area is 107 Å². The Hall–Kier alpha value is -2.04. The molecule has 0 aliphatic carbocycles. The highest BCUT2D eigenvalue weighted by atomic mass is 16.2. The molecule has 0 radical (unpaired) electrons. The smallest absolute Gasteiger partial charge is 0.224 e. The van der Waals surface area contributed by atoms with Gasteiger partial charge in [-0.2, -0.15) is 0 Å². The van der Waals surface area contributed by atoms with E-state index in [0.717, 1.165) is 5.56 Å². The maximum atomic E-state index is 11.6. The van der Waals surface area contributed by atoms with Crippen molar-refractivity contribution >= 4 is 17.5 Å². The molecule has 0 aromatic heterocycles. The highest BCUT2D eigenvalue weighted by Gasteiger charge is 2.03. The minimum absolute atomic E-state index is 0.0113. The quantitative estimate of drug-likeness (QED) is 0.505. The zero-order valence-electron chi connectivity index (χ0n) is 10.5. The first-order valence-electron chi connectivity index (χ1n) is 5.93. The Morgan fingerprint density at radius 2 is 1.83 bits per heavy atom. The van der Waals surface area contributed by atoms with Gasteiger partial charge in [0, 0.05) is 25.7 Å². The number of nitrogen functional groups attached to an aromatic ring is 1. The number of carbonyl (C=O) groups is 2. The molecule has 0 spiro atoms. The molecule has 0 aliphatic rings. The second-order valence-corrected chi connectivity index (χ2v) is 4.05.